The zero-order chi connectivity index (χ0) is 14.3. The molecule has 19 heavy (non-hydrogen) atoms. The van der Waals surface area contributed by atoms with Crippen LogP contribution in [0.3, 0.4) is 0 Å². The Hall–Kier alpha value is -0.890. The summed E-state index contributed by atoms with van der Waals surface area (Å²) in [4.78, 5) is 2.02. The zero-order valence-corrected chi connectivity index (χ0v) is 13.4. The molecule has 1 rings (SSSR count). The van der Waals surface area contributed by atoms with Crippen molar-refractivity contribution in [1.29, 1.82) is 0 Å². The molecule has 0 amide bonds. The fourth-order valence-corrected chi connectivity index (χ4v) is 3.36. The van der Waals surface area contributed by atoms with E-state index in [1.165, 1.54) is 18.4 Å². The van der Waals surface area contributed by atoms with E-state index in [4.69, 9.17) is 0 Å². The first-order valence-electron chi connectivity index (χ1n) is 7.28. The van der Waals surface area contributed by atoms with Gasteiger partial charge in [0.15, 0.2) is 0 Å². The lowest BCUT2D eigenvalue weighted by atomic mass is 10.1. The highest BCUT2D eigenvalue weighted by molar-refractivity contribution is 7.89. The van der Waals surface area contributed by atoms with Gasteiger partial charge in [-0.05, 0) is 37.8 Å². The Balaban J connectivity index is 2.93. The minimum absolute atomic E-state index is 0.388. The summed E-state index contributed by atoms with van der Waals surface area (Å²) in [5.41, 5.74) is 1.21. The fraction of sp³-hybridized carbons (Fsp3) is 0.529. The molecule has 0 aliphatic carbocycles. The number of hydrogen-bond acceptors (Lipinski definition) is 1. The van der Waals surface area contributed by atoms with E-state index < -0.39 is 10.8 Å². The van der Waals surface area contributed by atoms with Crippen LogP contribution in [0.4, 0.5) is 0 Å². The molecule has 1 nitrogen and oxygen atoms in total. The van der Waals surface area contributed by atoms with Crippen molar-refractivity contribution in [3.63, 3.8) is 0 Å². The smallest absolute Gasteiger partial charge is 0.0807 e. The molecule has 0 aromatic heterocycles. The maximum absolute atomic E-state index is 12.7. The monoisotopic (exact) mass is 278 g/mol. The molecule has 0 spiro atoms. The summed E-state index contributed by atoms with van der Waals surface area (Å²) in [7, 11) is -1.00. The number of allylic oxidation sites excluding steroid dienone is 2. The van der Waals surface area contributed by atoms with Gasteiger partial charge in [0.1, 0.15) is 0 Å². The van der Waals surface area contributed by atoms with Crippen LogP contribution in [0.5, 0.6) is 0 Å². The van der Waals surface area contributed by atoms with Crippen molar-refractivity contribution in [1.82, 2.24) is 0 Å². The zero-order valence-electron chi connectivity index (χ0n) is 12.6. The summed E-state index contributed by atoms with van der Waals surface area (Å²) >= 11 is 0. The second-order valence-electron chi connectivity index (χ2n) is 5.14. The quantitative estimate of drug-likeness (QED) is 0.625. The summed E-state index contributed by atoms with van der Waals surface area (Å²) in [6.07, 6.45) is 6.63. The van der Waals surface area contributed by atoms with Gasteiger partial charge < -0.3 is 0 Å². The average molecular weight is 278 g/mol. The van der Waals surface area contributed by atoms with Crippen LogP contribution in [0.1, 0.15) is 52.0 Å². The Morgan fingerprint density at radius 1 is 1.26 bits per heavy atom. The third-order valence-electron chi connectivity index (χ3n) is 3.45. The second kappa shape index (κ2) is 8.31. The summed E-state index contributed by atoms with van der Waals surface area (Å²) in [5, 5.41) is 0. The number of unbranched alkanes of at least 4 members (excludes halogenated alkanes) is 2. The van der Waals surface area contributed by atoms with Gasteiger partial charge in [0, 0.05) is 9.80 Å². The third kappa shape index (κ3) is 4.94. The highest BCUT2D eigenvalue weighted by Gasteiger charge is 2.15. The molecule has 1 unspecified atom stereocenters. The van der Waals surface area contributed by atoms with Gasteiger partial charge in [-0.15, -0.1) is 0 Å². The molecule has 0 bridgehead atoms. The van der Waals surface area contributed by atoms with Crippen molar-refractivity contribution in [2.45, 2.75) is 58.3 Å². The molecule has 0 saturated carbocycles. The molecule has 0 heterocycles. The lowest BCUT2D eigenvalue weighted by molar-refractivity contribution is 0.653. The summed E-state index contributed by atoms with van der Waals surface area (Å²) in [6.45, 7) is 8.57. The fourth-order valence-electron chi connectivity index (χ4n) is 1.91. The Labute approximate surface area is 120 Å². The van der Waals surface area contributed by atoms with Crippen LogP contribution < -0.4 is 0 Å². The van der Waals surface area contributed by atoms with E-state index >= 15 is 0 Å². The van der Waals surface area contributed by atoms with Gasteiger partial charge in [-0.25, -0.2) is 4.21 Å². The molecule has 106 valence electrons. The van der Waals surface area contributed by atoms with E-state index in [1.54, 1.807) is 0 Å². The van der Waals surface area contributed by atoms with E-state index in [0.717, 1.165) is 22.6 Å². The predicted molar refractivity (Wildman–Crippen MR) is 84.7 cm³/mol. The highest BCUT2D eigenvalue weighted by atomic mass is 32.2. The topological polar surface area (TPSA) is 17.1 Å². The average Bonchev–Trinajstić information content (AvgIpc) is 2.43. The molecular weight excluding hydrogens is 252 g/mol. The maximum atomic E-state index is 12.7. The first-order chi connectivity index (χ1) is 9.10. The molecule has 2 heteroatoms. The lowest BCUT2D eigenvalue weighted by Crippen LogP contribution is -2.05. The van der Waals surface area contributed by atoms with Crippen LogP contribution in [-0.4, -0.2) is 4.21 Å². The second-order valence-corrected chi connectivity index (χ2v) is 6.62. The van der Waals surface area contributed by atoms with Gasteiger partial charge in [0.25, 0.3) is 0 Å². The number of hydrogen-bond donors (Lipinski definition) is 0. The molecule has 0 aliphatic heterocycles. The van der Waals surface area contributed by atoms with Crippen molar-refractivity contribution >= 4 is 10.8 Å². The van der Waals surface area contributed by atoms with Gasteiger partial charge in [-0.1, -0.05) is 57.4 Å². The number of aryl methyl sites for hydroxylation is 1. The standard InChI is InChI=1S/C17H26OS/c1-5-7-8-9-17(15(4)6-2)19(18)16-12-10-14(3)11-13-16/h9-13,15H,5-8H2,1-4H3/b17-9+/t15-,19?/m1/s1. The van der Waals surface area contributed by atoms with Gasteiger partial charge in [-0.2, -0.15) is 0 Å². The van der Waals surface area contributed by atoms with Gasteiger partial charge in [-0.3, -0.25) is 0 Å². The maximum Gasteiger partial charge on any atom is 0.0807 e. The largest absolute Gasteiger partial charge is 0.249 e. The van der Waals surface area contributed by atoms with E-state index in [0.29, 0.717) is 5.92 Å². The normalized spacial score (nSPS) is 15.3. The molecule has 1 aromatic carbocycles. The van der Waals surface area contributed by atoms with Crippen LogP contribution in [0.15, 0.2) is 40.1 Å². The number of rotatable bonds is 7. The van der Waals surface area contributed by atoms with Crippen molar-refractivity contribution in [2.75, 3.05) is 0 Å². The van der Waals surface area contributed by atoms with Gasteiger partial charge in [0.2, 0.25) is 0 Å². The van der Waals surface area contributed by atoms with E-state index in [2.05, 4.69) is 33.8 Å². The lowest BCUT2D eigenvalue weighted by Gasteiger charge is -2.14. The van der Waals surface area contributed by atoms with Gasteiger partial charge in [0.05, 0.1) is 10.8 Å². The van der Waals surface area contributed by atoms with Crippen LogP contribution >= 0.6 is 0 Å². The predicted octanol–water partition coefficient (Wildman–Crippen LogP) is 5.22. The van der Waals surface area contributed by atoms with Crippen LogP contribution in [-0.2, 0) is 10.8 Å². The van der Waals surface area contributed by atoms with Crippen LogP contribution in [0.25, 0.3) is 0 Å². The molecule has 0 aliphatic rings. The minimum atomic E-state index is -1.00. The summed E-state index contributed by atoms with van der Waals surface area (Å²) in [6, 6.07) is 8.05. The van der Waals surface area contributed by atoms with E-state index in [9.17, 15) is 4.21 Å². The molecule has 1 aromatic rings. The van der Waals surface area contributed by atoms with E-state index in [-0.39, 0.29) is 0 Å². The molecule has 0 fully saturated rings. The van der Waals surface area contributed by atoms with Crippen molar-refractivity contribution in [2.24, 2.45) is 5.92 Å². The third-order valence-corrected chi connectivity index (χ3v) is 5.15. The van der Waals surface area contributed by atoms with Crippen LogP contribution in [0, 0.1) is 12.8 Å². The van der Waals surface area contributed by atoms with E-state index in [1.807, 2.05) is 24.3 Å². The first kappa shape index (κ1) is 16.2. The van der Waals surface area contributed by atoms with Crippen LogP contribution in [0.2, 0.25) is 0 Å². The van der Waals surface area contributed by atoms with Crippen molar-refractivity contribution < 1.29 is 4.21 Å². The highest BCUT2D eigenvalue weighted by Crippen LogP contribution is 2.25. The molecule has 0 N–H and O–H groups in total. The SMILES string of the molecule is CCCC/C=C(\[C@H](C)CC)S(=O)c1ccc(C)cc1. The molecule has 0 saturated heterocycles. The molecule has 0 radical (unpaired) electrons. The minimum Gasteiger partial charge on any atom is -0.249 e. The Morgan fingerprint density at radius 2 is 1.89 bits per heavy atom. The Kier molecular flexibility index (Phi) is 7.07. The first-order valence-corrected chi connectivity index (χ1v) is 8.43. The summed E-state index contributed by atoms with van der Waals surface area (Å²) in [5.74, 6) is 0.388. The number of benzene rings is 1. The van der Waals surface area contributed by atoms with Crippen molar-refractivity contribution in [3.8, 4) is 0 Å². The molecule has 2 atom stereocenters. The molecular formula is C17H26OS. The summed E-state index contributed by atoms with van der Waals surface area (Å²) < 4.78 is 12.7. The Bertz CT molecular complexity index is 431. The van der Waals surface area contributed by atoms with Gasteiger partial charge >= 0.3 is 0 Å². The Morgan fingerprint density at radius 3 is 2.42 bits per heavy atom. The van der Waals surface area contributed by atoms with Crippen molar-refractivity contribution in [3.05, 3.63) is 40.8 Å².